The number of hydrogen-bond acceptors (Lipinski definition) is 15. The molecule has 82 heavy (non-hydrogen) atoms. The van der Waals surface area contributed by atoms with Gasteiger partial charge in [0.05, 0.1) is 26.4 Å². The summed E-state index contributed by atoms with van der Waals surface area (Å²) in [5, 5.41) is 10.5. The molecule has 0 bridgehead atoms. The Labute approximate surface area is 498 Å². The maximum absolute atomic E-state index is 13.0. The normalized spacial score (nSPS) is 14.3. The van der Waals surface area contributed by atoms with Crippen LogP contribution in [0.2, 0.25) is 0 Å². The van der Waals surface area contributed by atoms with E-state index in [1.165, 1.54) is 103 Å². The zero-order valence-corrected chi connectivity index (χ0v) is 54.6. The predicted molar refractivity (Wildman–Crippen MR) is 326 cm³/mol. The number of hydrogen-bond donors (Lipinski definition) is 3. The van der Waals surface area contributed by atoms with Crippen molar-refractivity contribution in [2.75, 3.05) is 39.6 Å². The number of rotatable bonds is 62. The van der Waals surface area contributed by atoms with Gasteiger partial charge in [0.2, 0.25) is 0 Å². The maximum atomic E-state index is 13.0. The highest BCUT2D eigenvalue weighted by Gasteiger charge is 2.30. The van der Waals surface area contributed by atoms with E-state index in [1.54, 1.807) is 0 Å². The lowest BCUT2D eigenvalue weighted by molar-refractivity contribution is -0.161. The molecule has 0 aliphatic rings. The van der Waals surface area contributed by atoms with E-state index in [-0.39, 0.29) is 25.7 Å². The van der Waals surface area contributed by atoms with Gasteiger partial charge in [-0.05, 0) is 37.5 Å². The van der Waals surface area contributed by atoms with Crippen LogP contribution in [-0.4, -0.2) is 96.7 Å². The molecule has 19 heteroatoms. The van der Waals surface area contributed by atoms with Crippen molar-refractivity contribution < 1.29 is 80.2 Å². The van der Waals surface area contributed by atoms with E-state index in [9.17, 15) is 43.2 Å². The summed E-state index contributed by atoms with van der Waals surface area (Å²) in [5.41, 5.74) is 0. The predicted octanol–water partition coefficient (Wildman–Crippen LogP) is 17.3. The molecule has 0 aliphatic heterocycles. The Morgan fingerprint density at radius 3 is 0.829 bits per heavy atom. The van der Waals surface area contributed by atoms with Crippen molar-refractivity contribution in [3.05, 3.63) is 0 Å². The summed E-state index contributed by atoms with van der Waals surface area (Å²) in [7, 11) is -9.88. The lowest BCUT2D eigenvalue weighted by Gasteiger charge is -2.21. The molecule has 2 unspecified atom stereocenters. The zero-order valence-electron chi connectivity index (χ0n) is 52.8. The summed E-state index contributed by atoms with van der Waals surface area (Å²) in [6.07, 6.45) is 37.8. The minimum absolute atomic E-state index is 0.103. The van der Waals surface area contributed by atoms with Gasteiger partial charge in [-0.15, -0.1) is 0 Å². The molecule has 0 aliphatic carbocycles. The van der Waals surface area contributed by atoms with Gasteiger partial charge in [0, 0.05) is 25.7 Å². The van der Waals surface area contributed by atoms with E-state index in [1.807, 2.05) is 0 Å². The molecule has 17 nitrogen and oxygen atoms in total. The van der Waals surface area contributed by atoms with Crippen LogP contribution in [0.1, 0.15) is 311 Å². The summed E-state index contributed by atoms with van der Waals surface area (Å²) in [4.78, 5) is 71.9. The SMILES string of the molecule is CCCCCCCCCC(=O)OC[C@H](COP(=O)(O)OC[C@H](O)COP(=O)(O)OC[C@@H](COC(=O)CCCCCCCCCCCCC(C)C)OC(=O)CCCCCCCCCCCCCCC(C)C)OC(=O)CCCCCCCCC. The van der Waals surface area contributed by atoms with Crippen molar-refractivity contribution in [2.24, 2.45) is 11.8 Å². The Kier molecular flexibility index (Phi) is 54.3. The van der Waals surface area contributed by atoms with Crippen LogP contribution in [-0.2, 0) is 65.4 Å². The van der Waals surface area contributed by atoms with Gasteiger partial charge >= 0.3 is 39.5 Å². The molecule has 0 aromatic heterocycles. The lowest BCUT2D eigenvalue weighted by Crippen LogP contribution is -2.30. The van der Waals surface area contributed by atoms with Crippen LogP contribution in [0.15, 0.2) is 0 Å². The summed E-state index contributed by atoms with van der Waals surface area (Å²) in [5.74, 6) is -0.608. The molecule has 0 spiro atoms. The van der Waals surface area contributed by atoms with E-state index in [2.05, 4.69) is 41.5 Å². The standard InChI is InChI=1S/C63H122O17P2/c1-7-9-11-13-25-33-39-45-60(65)73-51-58(79-62(67)47-41-35-26-14-12-10-8-2)53-77-81(69,70)75-49-57(64)50-76-82(71,72)78-54-59(52-74-61(66)46-40-34-29-23-20-19-22-28-32-38-44-56(5)6)80-63(68)48-42-36-30-24-18-16-15-17-21-27-31-37-43-55(3)4/h55-59,64H,7-54H2,1-6H3,(H,69,70)(H,71,72)/t57-,58+,59+/m0/s1. The number of phosphoric acid groups is 2. The summed E-state index contributed by atoms with van der Waals surface area (Å²) < 4.78 is 67.8. The summed E-state index contributed by atoms with van der Waals surface area (Å²) in [6, 6.07) is 0. The summed E-state index contributed by atoms with van der Waals surface area (Å²) in [6.45, 7) is 9.41. The third kappa shape index (κ3) is 57.2. The number of carbonyl (C=O) groups excluding carboxylic acids is 4. The van der Waals surface area contributed by atoms with Crippen LogP contribution in [0.4, 0.5) is 0 Å². The minimum atomic E-state index is -4.94. The average molecular weight is 1210 g/mol. The van der Waals surface area contributed by atoms with Crippen molar-refractivity contribution in [2.45, 2.75) is 330 Å². The van der Waals surface area contributed by atoms with Crippen molar-refractivity contribution in [1.29, 1.82) is 0 Å². The highest BCUT2D eigenvalue weighted by molar-refractivity contribution is 7.47. The third-order valence-electron chi connectivity index (χ3n) is 14.5. The molecule has 0 radical (unpaired) electrons. The second kappa shape index (κ2) is 55.6. The van der Waals surface area contributed by atoms with Crippen LogP contribution in [0, 0.1) is 11.8 Å². The first-order valence-corrected chi connectivity index (χ1v) is 36.0. The number of unbranched alkanes of at least 4 members (excludes halogenated alkanes) is 32. The van der Waals surface area contributed by atoms with Crippen molar-refractivity contribution >= 4 is 39.5 Å². The largest absolute Gasteiger partial charge is 0.472 e. The lowest BCUT2D eigenvalue weighted by atomic mass is 10.0. The Hall–Kier alpha value is -1.94. The Bertz CT molecular complexity index is 1620. The molecule has 486 valence electrons. The van der Waals surface area contributed by atoms with Crippen LogP contribution < -0.4 is 0 Å². The van der Waals surface area contributed by atoms with Crippen molar-refractivity contribution in [1.82, 2.24) is 0 Å². The first kappa shape index (κ1) is 80.1. The highest BCUT2D eigenvalue weighted by Crippen LogP contribution is 2.45. The highest BCUT2D eigenvalue weighted by atomic mass is 31.2. The maximum Gasteiger partial charge on any atom is 0.472 e. The van der Waals surface area contributed by atoms with E-state index in [0.717, 1.165) is 127 Å². The van der Waals surface area contributed by atoms with Gasteiger partial charge in [0.1, 0.15) is 19.3 Å². The molecular weight excluding hydrogens is 1090 g/mol. The molecule has 0 heterocycles. The fraction of sp³-hybridized carbons (Fsp3) is 0.937. The quantitative estimate of drug-likeness (QED) is 0.0222. The minimum Gasteiger partial charge on any atom is -0.462 e. The van der Waals surface area contributed by atoms with Crippen LogP contribution in [0.3, 0.4) is 0 Å². The topological polar surface area (TPSA) is 237 Å². The first-order valence-electron chi connectivity index (χ1n) is 33.0. The van der Waals surface area contributed by atoms with E-state index >= 15 is 0 Å². The molecule has 0 rings (SSSR count). The van der Waals surface area contributed by atoms with Crippen LogP contribution in [0.25, 0.3) is 0 Å². The van der Waals surface area contributed by atoms with Gasteiger partial charge in [0.25, 0.3) is 0 Å². The van der Waals surface area contributed by atoms with Gasteiger partial charge in [-0.1, -0.05) is 260 Å². The van der Waals surface area contributed by atoms with Crippen molar-refractivity contribution in [3.8, 4) is 0 Å². The number of aliphatic hydroxyl groups excluding tert-OH is 1. The van der Waals surface area contributed by atoms with Gasteiger partial charge in [-0.2, -0.15) is 0 Å². The monoisotopic (exact) mass is 1210 g/mol. The first-order chi connectivity index (χ1) is 39.4. The van der Waals surface area contributed by atoms with Gasteiger partial charge < -0.3 is 33.8 Å². The number of esters is 4. The van der Waals surface area contributed by atoms with Gasteiger partial charge in [0.15, 0.2) is 12.2 Å². The van der Waals surface area contributed by atoms with E-state index in [0.29, 0.717) is 25.7 Å². The number of carbonyl (C=O) groups is 4. The fourth-order valence-corrected chi connectivity index (χ4v) is 10.9. The van der Waals surface area contributed by atoms with Crippen molar-refractivity contribution in [3.63, 3.8) is 0 Å². The number of ether oxygens (including phenoxy) is 4. The molecule has 0 amide bonds. The molecular formula is C63H122O17P2. The molecule has 0 saturated carbocycles. The molecule has 3 N–H and O–H groups in total. The molecule has 0 saturated heterocycles. The number of phosphoric ester groups is 2. The fourth-order valence-electron chi connectivity index (χ4n) is 9.35. The smallest absolute Gasteiger partial charge is 0.462 e. The van der Waals surface area contributed by atoms with Gasteiger partial charge in [-0.3, -0.25) is 37.3 Å². The second-order valence-corrected chi connectivity index (χ2v) is 26.7. The second-order valence-electron chi connectivity index (χ2n) is 23.7. The van der Waals surface area contributed by atoms with Gasteiger partial charge in [-0.25, -0.2) is 9.13 Å². The molecule has 0 fully saturated rings. The summed E-state index contributed by atoms with van der Waals surface area (Å²) >= 11 is 0. The van der Waals surface area contributed by atoms with E-state index < -0.39 is 97.5 Å². The van der Waals surface area contributed by atoms with Crippen LogP contribution >= 0.6 is 15.6 Å². The molecule has 5 atom stereocenters. The van der Waals surface area contributed by atoms with E-state index in [4.69, 9.17) is 37.0 Å². The number of aliphatic hydroxyl groups is 1. The Balaban J connectivity index is 5.18. The molecule has 0 aromatic carbocycles. The Morgan fingerprint density at radius 1 is 0.329 bits per heavy atom. The van der Waals surface area contributed by atoms with Crippen LogP contribution in [0.5, 0.6) is 0 Å². The zero-order chi connectivity index (χ0) is 60.8. The molecule has 0 aromatic rings. The third-order valence-corrected chi connectivity index (χ3v) is 16.4. The average Bonchev–Trinajstić information content (AvgIpc) is 3.48. The Morgan fingerprint density at radius 2 is 0.561 bits per heavy atom.